The summed E-state index contributed by atoms with van der Waals surface area (Å²) < 4.78 is 0. The summed E-state index contributed by atoms with van der Waals surface area (Å²) in [6, 6.07) is -0.897. The molecule has 1 unspecified atom stereocenters. The van der Waals surface area contributed by atoms with Crippen LogP contribution in [0.25, 0.3) is 0 Å². The molecule has 5 N–H and O–H groups in total. The van der Waals surface area contributed by atoms with E-state index in [1.54, 1.807) is 13.8 Å². The van der Waals surface area contributed by atoms with Crippen LogP contribution in [-0.2, 0) is 9.59 Å². The van der Waals surface area contributed by atoms with E-state index in [4.69, 9.17) is 10.8 Å². The molecule has 0 aliphatic heterocycles. The highest BCUT2D eigenvalue weighted by atomic mass is 16.3. The number of hydrogen-bond acceptors (Lipinski definition) is 4. The predicted octanol–water partition coefficient (Wildman–Crippen LogP) is -1.81. The molecule has 6 nitrogen and oxygen atoms in total. The Bertz CT molecular complexity index is 219. The lowest BCUT2D eigenvalue weighted by Gasteiger charge is -2.17. The van der Waals surface area contributed by atoms with Gasteiger partial charge in [-0.25, -0.2) is 0 Å². The molecule has 88 valence electrons. The molecule has 0 fully saturated rings. The molecule has 0 bridgehead atoms. The van der Waals surface area contributed by atoms with Crippen molar-refractivity contribution in [3.05, 3.63) is 0 Å². The second kappa shape index (κ2) is 7.19. The van der Waals surface area contributed by atoms with Crippen molar-refractivity contribution < 1.29 is 14.7 Å². The lowest BCUT2D eigenvalue weighted by atomic mass is 10.2. The molecule has 2 amide bonds. The lowest BCUT2D eigenvalue weighted by Crippen LogP contribution is -2.50. The molecule has 0 rings (SSSR count). The highest BCUT2D eigenvalue weighted by Crippen LogP contribution is 1.93. The van der Waals surface area contributed by atoms with Gasteiger partial charge in [-0.1, -0.05) is 13.8 Å². The topological polar surface area (TPSA) is 104 Å². The Morgan fingerprint density at radius 1 is 1.33 bits per heavy atom. The van der Waals surface area contributed by atoms with E-state index in [2.05, 4.69) is 10.6 Å². The van der Waals surface area contributed by atoms with Gasteiger partial charge in [0.15, 0.2) is 0 Å². The number of nitrogens with one attached hydrogen (secondary N) is 2. The molecular formula is C9H19N3O3. The van der Waals surface area contributed by atoms with Crippen molar-refractivity contribution in [1.82, 2.24) is 10.6 Å². The molecule has 15 heavy (non-hydrogen) atoms. The normalized spacial score (nSPS) is 12.3. The Hall–Kier alpha value is -1.14. The van der Waals surface area contributed by atoms with E-state index >= 15 is 0 Å². The maximum absolute atomic E-state index is 11.3. The highest BCUT2D eigenvalue weighted by molar-refractivity contribution is 5.88. The molecule has 0 saturated carbocycles. The summed E-state index contributed by atoms with van der Waals surface area (Å²) in [6.07, 6.45) is 0. The molecular weight excluding hydrogens is 198 g/mol. The largest absolute Gasteiger partial charge is 0.394 e. The van der Waals surface area contributed by atoms with E-state index < -0.39 is 18.6 Å². The second-order valence-electron chi connectivity index (χ2n) is 3.48. The number of nitrogens with two attached hydrogens (primary N) is 1. The van der Waals surface area contributed by atoms with Crippen LogP contribution in [-0.4, -0.2) is 42.7 Å². The van der Waals surface area contributed by atoms with Gasteiger partial charge in [0, 0.05) is 19.0 Å². The molecule has 0 aromatic rings. The van der Waals surface area contributed by atoms with Gasteiger partial charge in [0.05, 0.1) is 6.61 Å². The summed E-state index contributed by atoms with van der Waals surface area (Å²) in [5, 5.41) is 13.8. The molecule has 1 atom stereocenters. The summed E-state index contributed by atoms with van der Waals surface area (Å²) >= 11 is 0. The highest BCUT2D eigenvalue weighted by Gasteiger charge is 2.20. The Morgan fingerprint density at radius 3 is 2.33 bits per heavy atom. The van der Waals surface area contributed by atoms with E-state index in [0.29, 0.717) is 13.1 Å². The number of aliphatic hydroxyl groups is 1. The van der Waals surface area contributed by atoms with Crippen molar-refractivity contribution in [3.63, 3.8) is 0 Å². The first kappa shape index (κ1) is 13.9. The van der Waals surface area contributed by atoms with Gasteiger partial charge >= 0.3 is 0 Å². The summed E-state index contributed by atoms with van der Waals surface area (Å²) in [6.45, 7) is 3.65. The molecule has 0 aliphatic carbocycles. The number of carbonyl (C=O) groups is 2. The first-order valence-corrected chi connectivity index (χ1v) is 4.92. The van der Waals surface area contributed by atoms with Crippen LogP contribution < -0.4 is 16.4 Å². The van der Waals surface area contributed by atoms with E-state index in [0.717, 1.165) is 0 Å². The molecule has 0 aromatic heterocycles. The summed E-state index contributed by atoms with van der Waals surface area (Å²) in [7, 11) is 0. The average Bonchev–Trinajstić information content (AvgIpc) is 2.21. The first-order valence-electron chi connectivity index (χ1n) is 4.92. The molecule has 0 aliphatic rings. The number of amides is 2. The smallest absolute Gasteiger partial charge is 0.245 e. The lowest BCUT2D eigenvalue weighted by molar-refractivity contribution is -0.131. The van der Waals surface area contributed by atoms with Gasteiger partial charge in [-0.3, -0.25) is 9.59 Å². The first-order chi connectivity index (χ1) is 7.02. The zero-order chi connectivity index (χ0) is 11.8. The minimum Gasteiger partial charge on any atom is -0.394 e. The Kier molecular flexibility index (Phi) is 6.64. The van der Waals surface area contributed by atoms with Crippen LogP contribution in [0.5, 0.6) is 0 Å². The SMILES string of the molecule is CC(C)C(=O)NC(CO)C(=O)NCCN. The number of hydrogen-bond donors (Lipinski definition) is 4. The van der Waals surface area contributed by atoms with Crippen LogP contribution in [0.15, 0.2) is 0 Å². The van der Waals surface area contributed by atoms with E-state index in [1.807, 2.05) is 0 Å². The summed E-state index contributed by atoms with van der Waals surface area (Å²) in [5.41, 5.74) is 5.20. The molecule has 0 aromatic carbocycles. The number of aliphatic hydroxyl groups excluding tert-OH is 1. The molecule has 0 radical (unpaired) electrons. The van der Waals surface area contributed by atoms with Crippen LogP contribution in [0.1, 0.15) is 13.8 Å². The number of rotatable bonds is 6. The van der Waals surface area contributed by atoms with E-state index in [-0.39, 0.29) is 11.8 Å². The molecule has 6 heteroatoms. The monoisotopic (exact) mass is 217 g/mol. The molecule has 0 spiro atoms. The van der Waals surface area contributed by atoms with Gasteiger partial charge in [-0.2, -0.15) is 0 Å². The summed E-state index contributed by atoms with van der Waals surface area (Å²) in [4.78, 5) is 22.6. The van der Waals surface area contributed by atoms with E-state index in [9.17, 15) is 9.59 Å². The fraction of sp³-hybridized carbons (Fsp3) is 0.778. The van der Waals surface area contributed by atoms with Crippen LogP contribution in [0.4, 0.5) is 0 Å². The fourth-order valence-corrected chi connectivity index (χ4v) is 0.851. The van der Waals surface area contributed by atoms with Gasteiger partial charge in [0.25, 0.3) is 0 Å². The third kappa shape index (κ3) is 5.34. The minimum absolute atomic E-state index is 0.221. The molecule has 0 heterocycles. The van der Waals surface area contributed by atoms with Crippen molar-refractivity contribution >= 4 is 11.8 Å². The van der Waals surface area contributed by atoms with E-state index in [1.165, 1.54) is 0 Å². The molecule has 0 saturated heterocycles. The quantitative estimate of drug-likeness (QED) is 0.421. The predicted molar refractivity (Wildman–Crippen MR) is 55.9 cm³/mol. The maximum atomic E-state index is 11.3. The standard InChI is InChI=1S/C9H19N3O3/c1-6(2)8(14)12-7(5-13)9(15)11-4-3-10/h6-7,13H,3-5,10H2,1-2H3,(H,11,15)(H,12,14). The third-order valence-electron chi connectivity index (χ3n) is 1.78. The Balaban J connectivity index is 4.12. The van der Waals surface area contributed by atoms with Crippen molar-refractivity contribution in [2.24, 2.45) is 11.7 Å². The van der Waals surface area contributed by atoms with Crippen LogP contribution in [0.2, 0.25) is 0 Å². The Labute approximate surface area is 89.2 Å². The van der Waals surface area contributed by atoms with Gasteiger partial charge < -0.3 is 21.5 Å². The zero-order valence-electron chi connectivity index (χ0n) is 9.12. The third-order valence-corrected chi connectivity index (χ3v) is 1.78. The van der Waals surface area contributed by atoms with Crippen molar-refractivity contribution in [1.29, 1.82) is 0 Å². The van der Waals surface area contributed by atoms with Gasteiger partial charge in [-0.15, -0.1) is 0 Å². The fourth-order valence-electron chi connectivity index (χ4n) is 0.851. The Morgan fingerprint density at radius 2 is 1.93 bits per heavy atom. The zero-order valence-corrected chi connectivity index (χ0v) is 9.12. The van der Waals surface area contributed by atoms with Crippen molar-refractivity contribution in [2.45, 2.75) is 19.9 Å². The summed E-state index contributed by atoms with van der Waals surface area (Å²) in [5.74, 6) is -0.907. The average molecular weight is 217 g/mol. The van der Waals surface area contributed by atoms with Crippen molar-refractivity contribution in [3.8, 4) is 0 Å². The van der Waals surface area contributed by atoms with Gasteiger partial charge in [0.1, 0.15) is 6.04 Å². The van der Waals surface area contributed by atoms with Gasteiger partial charge in [-0.05, 0) is 0 Å². The minimum atomic E-state index is -0.897. The maximum Gasteiger partial charge on any atom is 0.245 e. The number of carbonyl (C=O) groups excluding carboxylic acids is 2. The second-order valence-corrected chi connectivity index (χ2v) is 3.48. The van der Waals surface area contributed by atoms with Crippen molar-refractivity contribution in [2.75, 3.05) is 19.7 Å². The van der Waals surface area contributed by atoms with Crippen LogP contribution in [0, 0.1) is 5.92 Å². The van der Waals surface area contributed by atoms with Crippen LogP contribution in [0.3, 0.4) is 0 Å². The van der Waals surface area contributed by atoms with Gasteiger partial charge in [0.2, 0.25) is 11.8 Å². The van der Waals surface area contributed by atoms with Crippen LogP contribution >= 0.6 is 0 Å².